The maximum atomic E-state index is 12.3. The minimum absolute atomic E-state index is 0.270. The molecule has 0 saturated heterocycles. The molecule has 0 radical (unpaired) electrons. The zero-order valence-electron chi connectivity index (χ0n) is 13.4. The summed E-state index contributed by atoms with van der Waals surface area (Å²) in [6.07, 6.45) is 2.56. The standard InChI is InChI=1S/C19H18N4O/c1-2-14-8-10-16(11-9-14)22-19-20-13-12-17(23-19)18(24)21-15-6-4-3-5-7-15/h3-13H,2H2,1H3,(H,21,24)(H,20,22,23). The van der Waals surface area contributed by atoms with Crippen molar-refractivity contribution in [3.63, 3.8) is 0 Å². The number of aryl methyl sites for hydroxylation is 1. The van der Waals surface area contributed by atoms with Gasteiger partial charge in [0.2, 0.25) is 5.95 Å². The Morgan fingerprint density at radius 1 is 0.958 bits per heavy atom. The van der Waals surface area contributed by atoms with E-state index in [1.165, 1.54) is 5.56 Å². The van der Waals surface area contributed by atoms with E-state index in [0.717, 1.165) is 17.8 Å². The number of nitrogens with zero attached hydrogens (tertiary/aromatic N) is 2. The fourth-order valence-electron chi connectivity index (χ4n) is 2.21. The van der Waals surface area contributed by atoms with E-state index in [0.29, 0.717) is 11.6 Å². The van der Waals surface area contributed by atoms with Gasteiger partial charge in [0.25, 0.3) is 5.91 Å². The minimum Gasteiger partial charge on any atom is -0.324 e. The Labute approximate surface area is 140 Å². The topological polar surface area (TPSA) is 66.9 Å². The van der Waals surface area contributed by atoms with E-state index in [1.54, 1.807) is 12.3 Å². The molecule has 0 aliphatic carbocycles. The number of rotatable bonds is 5. The van der Waals surface area contributed by atoms with Crippen LogP contribution in [0.15, 0.2) is 66.9 Å². The molecule has 0 spiro atoms. The van der Waals surface area contributed by atoms with Gasteiger partial charge in [-0.25, -0.2) is 9.97 Å². The Kier molecular flexibility index (Phi) is 4.81. The van der Waals surface area contributed by atoms with Gasteiger partial charge in [-0.15, -0.1) is 0 Å². The lowest BCUT2D eigenvalue weighted by atomic mass is 10.1. The monoisotopic (exact) mass is 318 g/mol. The van der Waals surface area contributed by atoms with Crippen LogP contribution < -0.4 is 10.6 Å². The highest BCUT2D eigenvalue weighted by atomic mass is 16.1. The molecule has 2 N–H and O–H groups in total. The summed E-state index contributed by atoms with van der Waals surface area (Å²) in [4.78, 5) is 20.7. The molecule has 5 nitrogen and oxygen atoms in total. The van der Waals surface area contributed by atoms with Gasteiger partial charge >= 0.3 is 0 Å². The normalized spacial score (nSPS) is 10.2. The van der Waals surface area contributed by atoms with E-state index in [-0.39, 0.29) is 5.91 Å². The van der Waals surface area contributed by atoms with E-state index in [4.69, 9.17) is 0 Å². The van der Waals surface area contributed by atoms with E-state index in [2.05, 4.69) is 27.5 Å². The first-order valence-electron chi connectivity index (χ1n) is 7.80. The summed E-state index contributed by atoms with van der Waals surface area (Å²) >= 11 is 0. The predicted molar refractivity (Wildman–Crippen MR) is 95.5 cm³/mol. The van der Waals surface area contributed by atoms with Crippen LogP contribution in [0.1, 0.15) is 23.0 Å². The number of hydrogen-bond donors (Lipinski definition) is 2. The van der Waals surface area contributed by atoms with E-state index in [1.807, 2.05) is 54.6 Å². The van der Waals surface area contributed by atoms with E-state index >= 15 is 0 Å². The number of hydrogen-bond acceptors (Lipinski definition) is 4. The van der Waals surface area contributed by atoms with Crippen LogP contribution in [0.5, 0.6) is 0 Å². The van der Waals surface area contributed by atoms with Crippen LogP contribution in [0.3, 0.4) is 0 Å². The van der Waals surface area contributed by atoms with E-state index < -0.39 is 0 Å². The smallest absolute Gasteiger partial charge is 0.274 e. The van der Waals surface area contributed by atoms with Crippen LogP contribution in [-0.2, 0) is 6.42 Å². The molecule has 3 aromatic rings. The predicted octanol–water partition coefficient (Wildman–Crippen LogP) is 4.03. The van der Waals surface area contributed by atoms with Gasteiger partial charge in [0.1, 0.15) is 5.69 Å². The summed E-state index contributed by atoms with van der Waals surface area (Å²) in [5, 5.41) is 5.92. The van der Waals surface area contributed by atoms with Crippen molar-refractivity contribution in [2.45, 2.75) is 13.3 Å². The molecule has 0 aliphatic heterocycles. The Morgan fingerprint density at radius 2 is 1.71 bits per heavy atom. The Morgan fingerprint density at radius 3 is 2.42 bits per heavy atom. The second kappa shape index (κ2) is 7.37. The first-order valence-corrected chi connectivity index (χ1v) is 7.80. The molecular formula is C19H18N4O. The van der Waals surface area contributed by atoms with Gasteiger partial charge in [0, 0.05) is 17.6 Å². The molecule has 0 aliphatic rings. The highest BCUT2D eigenvalue weighted by Gasteiger charge is 2.09. The van der Waals surface area contributed by atoms with Crippen molar-refractivity contribution in [3.05, 3.63) is 78.1 Å². The van der Waals surface area contributed by atoms with Crippen LogP contribution in [0.2, 0.25) is 0 Å². The van der Waals surface area contributed by atoms with Crippen molar-refractivity contribution in [2.75, 3.05) is 10.6 Å². The molecule has 1 heterocycles. The second-order valence-electron chi connectivity index (χ2n) is 5.26. The fourth-order valence-corrected chi connectivity index (χ4v) is 2.21. The van der Waals surface area contributed by atoms with Crippen LogP contribution in [-0.4, -0.2) is 15.9 Å². The fraction of sp³-hybridized carbons (Fsp3) is 0.105. The lowest BCUT2D eigenvalue weighted by molar-refractivity contribution is 0.102. The number of aromatic nitrogens is 2. The van der Waals surface area contributed by atoms with Crippen molar-refractivity contribution in [3.8, 4) is 0 Å². The lowest BCUT2D eigenvalue weighted by Gasteiger charge is -2.08. The molecule has 120 valence electrons. The number of carbonyl (C=O) groups excluding carboxylic acids is 1. The summed E-state index contributed by atoms with van der Waals surface area (Å²) in [6, 6.07) is 18.9. The maximum absolute atomic E-state index is 12.3. The zero-order valence-corrected chi connectivity index (χ0v) is 13.4. The third-order valence-electron chi connectivity index (χ3n) is 3.54. The number of anilines is 3. The van der Waals surface area contributed by atoms with Crippen molar-refractivity contribution >= 4 is 23.2 Å². The third kappa shape index (κ3) is 3.95. The van der Waals surface area contributed by atoms with Crippen LogP contribution in [0.25, 0.3) is 0 Å². The maximum Gasteiger partial charge on any atom is 0.274 e. The molecule has 2 aromatic carbocycles. The van der Waals surface area contributed by atoms with Crippen molar-refractivity contribution < 1.29 is 4.79 Å². The molecule has 24 heavy (non-hydrogen) atoms. The number of para-hydroxylation sites is 1. The highest BCUT2D eigenvalue weighted by molar-refractivity contribution is 6.02. The van der Waals surface area contributed by atoms with Gasteiger partial charge in [-0.1, -0.05) is 37.3 Å². The largest absolute Gasteiger partial charge is 0.324 e. The summed E-state index contributed by atoms with van der Waals surface area (Å²) in [7, 11) is 0. The van der Waals surface area contributed by atoms with Gasteiger partial charge in [0.05, 0.1) is 0 Å². The van der Waals surface area contributed by atoms with E-state index in [9.17, 15) is 4.79 Å². The Bertz CT molecular complexity index is 816. The molecular weight excluding hydrogens is 300 g/mol. The van der Waals surface area contributed by atoms with Gasteiger partial charge in [-0.05, 0) is 42.3 Å². The molecule has 5 heteroatoms. The first-order chi connectivity index (χ1) is 11.7. The van der Waals surface area contributed by atoms with Crippen molar-refractivity contribution in [1.29, 1.82) is 0 Å². The number of benzene rings is 2. The molecule has 0 bridgehead atoms. The molecule has 0 atom stereocenters. The number of carbonyl (C=O) groups is 1. The average molecular weight is 318 g/mol. The van der Waals surface area contributed by atoms with Gasteiger partial charge in [0.15, 0.2) is 0 Å². The van der Waals surface area contributed by atoms with Crippen molar-refractivity contribution in [2.24, 2.45) is 0 Å². The molecule has 0 fully saturated rings. The van der Waals surface area contributed by atoms with Gasteiger partial charge < -0.3 is 10.6 Å². The molecule has 1 amide bonds. The summed E-state index contributed by atoms with van der Waals surface area (Å²) in [5.41, 5.74) is 3.18. The average Bonchev–Trinajstić information content (AvgIpc) is 2.63. The van der Waals surface area contributed by atoms with Crippen LogP contribution in [0.4, 0.5) is 17.3 Å². The SMILES string of the molecule is CCc1ccc(Nc2nccc(C(=O)Nc3ccccc3)n2)cc1. The Balaban J connectivity index is 1.72. The summed E-state index contributed by atoms with van der Waals surface area (Å²) < 4.78 is 0. The van der Waals surface area contributed by atoms with Gasteiger partial charge in [-0.2, -0.15) is 0 Å². The highest BCUT2D eigenvalue weighted by Crippen LogP contribution is 2.15. The number of nitrogens with one attached hydrogen (secondary N) is 2. The van der Waals surface area contributed by atoms with Crippen molar-refractivity contribution in [1.82, 2.24) is 9.97 Å². The second-order valence-corrected chi connectivity index (χ2v) is 5.26. The molecule has 3 rings (SSSR count). The van der Waals surface area contributed by atoms with Crippen LogP contribution >= 0.6 is 0 Å². The third-order valence-corrected chi connectivity index (χ3v) is 3.54. The summed E-state index contributed by atoms with van der Waals surface area (Å²) in [5.74, 6) is 0.118. The lowest BCUT2D eigenvalue weighted by Crippen LogP contribution is -2.14. The quantitative estimate of drug-likeness (QED) is 0.745. The first kappa shape index (κ1) is 15.7. The summed E-state index contributed by atoms with van der Waals surface area (Å²) in [6.45, 7) is 2.11. The molecule has 1 aromatic heterocycles. The Hall–Kier alpha value is -3.21. The molecule has 0 saturated carbocycles. The zero-order chi connectivity index (χ0) is 16.8. The van der Waals surface area contributed by atoms with Gasteiger partial charge in [-0.3, -0.25) is 4.79 Å². The number of amides is 1. The van der Waals surface area contributed by atoms with Crippen LogP contribution in [0, 0.1) is 0 Å². The molecule has 0 unspecified atom stereocenters. The minimum atomic E-state index is -0.270.